The molecule has 0 amide bonds. The monoisotopic (exact) mass is 229 g/mol. The van der Waals surface area contributed by atoms with Crippen LogP contribution in [-0.2, 0) is 13.1 Å². The van der Waals surface area contributed by atoms with Crippen LogP contribution in [0.15, 0.2) is 43.0 Å². The van der Waals surface area contributed by atoms with E-state index in [0.717, 1.165) is 30.0 Å². The number of rotatable bonds is 5. The van der Waals surface area contributed by atoms with Gasteiger partial charge >= 0.3 is 0 Å². The Balaban J connectivity index is 1.90. The first-order chi connectivity index (χ1) is 8.40. The minimum Gasteiger partial charge on any atom is -0.496 e. The number of para-hydroxylation sites is 1. The minimum atomic E-state index is 0.749. The second kappa shape index (κ2) is 5.96. The first-order valence-corrected chi connectivity index (χ1v) is 5.46. The van der Waals surface area contributed by atoms with Gasteiger partial charge in [0.15, 0.2) is 0 Å². The number of nitrogens with one attached hydrogen (secondary N) is 1. The summed E-state index contributed by atoms with van der Waals surface area (Å²) in [6.45, 7) is 1.51. The van der Waals surface area contributed by atoms with Crippen molar-refractivity contribution in [3.8, 4) is 5.75 Å². The van der Waals surface area contributed by atoms with Crippen LogP contribution in [0.25, 0.3) is 0 Å². The van der Waals surface area contributed by atoms with Crippen LogP contribution >= 0.6 is 0 Å². The van der Waals surface area contributed by atoms with Crippen molar-refractivity contribution < 1.29 is 4.74 Å². The molecule has 17 heavy (non-hydrogen) atoms. The molecule has 88 valence electrons. The van der Waals surface area contributed by atoms with Gasteiger partial charge in [-0.25, -0.2) is 9.97 Å². The molecule has 0 aliphatic rings. The van der Waals surface area contributed by atoms with Gasteiger partial charge in [0.05, 0.1) is 7.11 Å². The Morgan fingerprint density at radius 2 is 1.88 bits per heavy atom. The van der Waals surface area contributed by atoms with Gasteiger partial charge < -0.3 is 10.1 Å². The van der Waals surface area contributed by atoms with Crippen LogP contribution in [0.5, 0.6) is 5.75 Å². The summed E-state index contributed by atoms with van der Waals surface area (Å²) in [5, 5.41) is 3.33. The number of nitrogens with zero attached hydrogens (tertiary/aromatic N) is 2. The van der Waals surface area contributed by atoms with E-state index in [4.69, 9.17) is 4.74 Å². The molecule has 4 nitrogen and oxygen atoms in total. The fourth-order valence-electron chi connectivity index (χ4n) is 1.61. The first-order valence-electron chi connectivity index (χ1n) is 5.46. The van der Waals surface area contributed by atoms with Crippen LogP contribution in [0.1, 0.15) is 11.1 Å². The largest absolute Gasteiger partial charge is 0.496 e. The molecule has 0 unspecified atom stereocenters. The number of aromatic nitrogens is 2. The van der Waals surface area contributed by atoms with Crippen LogP contribution in [0.3, 0.4) is 0 Å². The lowest BCUT2D eigenvalue weighted by Gasteiger charge is -2.09. The third-order valence-electron chi connectivity index (χ3n) is 2.45. The van der Waals surface area contributed by atoms with E-state index >= 15 is 0 Å². The molecule has 0 aliphatic heterocycles. The molecule has 0 bridgehead atoms. The lowest BCUT2D eigenvalue weighted by Crippen LogP contribution is -2.13. The third-order valence-corrected chi connectivity index (χ3v) is 2.45. The van der Waals surface area contributed by atoms with E-state index in [9.17, 15) is 0 Å². The summed E-state index contributed by atoms with van der Waals surface area (Å²) in [7, 11) is 1.68. The summed E-state index contributed by atoms with van der Waals surface area (Å²) in [4.78, 5) is 7.94. The molecule has 4 heteroatoms. The van der Waals surface area contributed by atoms with Gasteiger partial charge in [-0.2, -0.15) is 0 Å². The smallest absolute Gasteiger partial charge is 0.123 e. The molecule has 0 atom stereocenters. The molecule has 0 saturated heterocycles. The van der Waals surface area contributed by atoms with Gasteiger partial charge in [-0.1, -0.05) is 18.2 Å². The summed E-state index contributed by atoms with van der Waals surface area (Å²) in [6.07, 6.45) is 5.15. The van der Waals surface area contributed by atoms with Gasteiger partial charge in [-0.15, -0.1) is 0 Å². The van der Waals surface area contributed by atoms with E-state index < -0.39 is 0 Å². The van der Waals surface area contributed by atoms with E-state index in [1.54, 1.807) is 7.11 Å². The predicted molar refractivity (Wildman–Crippen MR) is 65.6 cm³/mol. The highest BCUT2D eigenvalue weighted by Gasteiger charge is 2.00. The van der Waals surface area contributed by atoms with Crippen LogP contribution < -0.4 is 10.1 Å². The van der Waals surface area contributed by atoms with Crippen LogP contribution in [0.2, 0.25) is 0 Å². The van der Waals surface area contributed by atoms with Crippen molar-refractivity contribution in [1.82, 2.24) is 15.3 Å². The molecular formula is C13H15N3O. The fraction of sp³-hybridized carbons (Fsp3) is 0.231. The van der Waals surface area contributed by atoms with Crippen molar-refractivity contribution in [2.75, 3.05) is 7.11 Å². The number of hydrogen-bond acceptors (Lipinski definition) is 4. The van der Waals surface area contributed by atoms with E-state index in [2.05, 4.69) is 15.3 Å². The number of benzene rings is 1. The molecule has 0 saturated carbocycles. The van der Waals surface area contributed by atoms with Crippen LogP contribution in [-0.4, -0.2) is 17.1 Å². The number of ether oxygens (including phenoxy) is 1. The Bertz CT molecular complexity index is 459. The van der Waals surface area contributed by atoms with Gasteiger partial charge in [0.25, 0.3) is 0 Å². The lowest BCUT2D eigenvalue weighted by molar-refractivity contribution is 0.407. The van der Waals surface area contributed by atoms with Gasteiger partial charge in [0.1, 0.15) is 12.1 Å². The molecule has 1 heterocycles. The van der Waals surface area contributed by atoms with E-state index in [1.165, 1.54) is 6.33 Å². The molecule has 1 aromatic heterocycles. The maximum Gasteiger partial charge on any atom is 0.123 e. The molecule has 0 spiro atoms. The standard InChI is InChI=1S/C13H15N3O/c1-17-13-5-3-2-4-12(13)9-14-6-11-7-15-10-16-8-11/h2-5,7-8,10,14H,6,9H2,1H3. The van der Waals surface area contributed by atoms with Crippen molar-refractivity contribution in [3.05, 3.63) is 54.1 Å². The Morgan fingerprint density at radius 1 is 1.12 bits per heavy atom. The van der Waals surface area contributed by atoms with E-state index in [1.807, 2.05) is 36.7 Å². The second-order valence-electron chi connectivity index (χ2n) is 3.66. The van der Waals surface area contributed by atoms with Gasteiger partial charge in [-0.3, -0.25) is 0 Å². The van der Waals surface area contributed by atoms with Gasteiger partial charge in [0, 0.05) is 36.6 Å². The minimum absolute atomic E-state index is 0.749. The second-order valence-corrected chi connectivity index (χ2v) is 3.66. The normalized spacial score (nSPS) is 10.2. The number of hydrogen-bond donors (Lipinski definition) is 1. The van der Waals surface area contributed by atoms with Crippen LogP contribution in [0.4, 0.5) is 0 Å². The summed E-state index contributed by atoms with van der Waals surface area (Å²) in [5.74, 6) is 0.907. The summed E-state index contributed by atoms with van der Waals surface area (Å²) >= 11 is 0. The molecule has 1 aromatic carbocycles. The molecule has 2 aromatic rings. The molecule has 1 N–H and O–H groups in total. The zero-order valence-corrected chi connectivity index (χ0v) is 9.76. The highest BCUT2D eigenvalue weighted by molar-refractivity contribution is 5.33. The Labute approximate surface area is 101 Å². The highest BCUT2D eigenvalue weighted by Crippen LogP contribution is 2.16. The summed E-state index contributed by atoms with van der Waals surface area (Å²) < 4.78 is 5.28. The Hall–Kier alpha value is -1.94. The van der Waals surface area contributed by atoms with E-state index in [0.29, 0.717) is 0 Å². The van der Waals surface area contributed by atoms with Crippen molar-refractivity contribution >= 4 is 0 Å². The summed E-state index contributed by atoms with van der Waals surface area (Å²) in [5.41, 5.74) is 2.22. The van der Waals surface area contributed by atoms with Gasteiger partial charge in [-0.05, 0) is 6.07 Å². The Morgan fingerprint density at radius 3 is 2.65 bits per heavy atom. The number of methoxy groups -OCH3 is 1. The van der Waals surface area contributed by atoms with Crippen molar-refractivity contribution in [2.45, 2.75) is 13.1 Å². The molecule has 0 radical (unpaired) electrons. The highest BCUT2D eigenvalue weighted by atomic mass is 16.5. The molecule has 0 aliphatic carbocycles. The third kappa shape index (κ3) is 3.26. The van der Waals surface area contributed by atoms with Crippen molar-refractivity contribution in [2.24, 2.45) is 0 Å². The zero-order chi connectivity index (χ0) is 11.9. The average Bonchev–Trinajstić information content (AvgIpc) is 2.40. The maximum absolute atomic E-state index is 5.28. The van der Waals surface area contributed by atoms with Crippen molar-refractivity contribution in [1.29, 1.82) is 0 Å². The van der Waals surface area contributed by atoms with E-state index in [-0.39, 0.29) is 0 Å². The SMILES string of the molecule is COc1ccccc1CNCc1cncnc1. The maximum atomic E-state index is 5.28. The van der Waals surface area contributed by atoms with Gasteiger partial charge in [0.2, 0.25) is 0 Å². The van der Waals surface area contributed by atoms with Crippen molar-refractivity contribution in [3.63, 3.8) is 0 Å². The quantitative estimate of drug-likeness (QED) is 0.849. The molecule has 2 rings (SSSR count). The fourth-order valence-corrected chi connectivity index (χ4v) is 1.61. The predicted octanol–water partition coefficient (Wildman–Crippen LogP) is 1.77. The zero-order valence-electron chi connectivity index (χ0n) is 9.76. The molecular weight excluding hydrogens is 214 g/mol. The topological polar surface area (TPSA) is 47.0 Å². The first kappa shape index (κ1) is 11.5. The summed E-state index contributed by atoms with van der Waals surface area (Å²) in [6, 6.07) is 7.98. The van der Waals surface area contributed by atoms with Crippen LogP contribution in [0, 0.1) is 0 Å². The Kier molecular flexibility index (Phi) is 4.05. The average molecular weight is 229 g/mol. The lowest BCUT2D eigenvalue weighted by atomic mass is 10.2. The molecule has 0 fully saturated rings.